The van der Waals surface area contributed by atoms with Crippen molar-refractivity contribution in [3.8, 4) is 0 Å². The average molecular weight is 767 g/mol. The van der Waals surface area contributed by atoms with Gasteiger partial charge in [0.1, 0.15) is 6.61 Å². The molecule has 308 valence electrons. The Kier molecular flexibility index (Phi) is 38.2. The number of ether oxygens (including phenoxy) is 2. The maximum Gasteiger partial charge on any atom is 0.472 e. The molecule has 0 amide bonds. The largest absolute Gasteiger partial charge is 0.472 e. The van der Waals surface area contributed by atoms with Crippen molar-refractivity contribution in [3.63, 3.8) is 0 Å². The lowest BCUT2D eigenvalue weighted by atomic mass is 10.0. The number of esters is 2. The lowest BCUT2D eigenvalue weighted by Crippen LogP contribution is -2.29. The number of hydrogen-bond donors (Lipinski definition) is 1. The fourth-order valence-electron chi connectivity index (χ4n) is 5.80. The second-order valence-corrected chi connectivity index (χ2v) is 15.4. The Hall–Kier alpha value is -1.99. The summed E-state index contributed by atoms with van der Waals surface area (Å²) in [6.07, 6.45) is 45.9. The van der Waals surface area contributed by atoms with E-state index in [1.807, 2.05) is 0 Å². The van der Waals surface area contributed by atoms with Crippen LogP contribution in [0.1, 0.15) is 194 Å². The Morgan fingerprint density at radius 2 is 0.962 bits per heavy atom. The van der Waals surface area contributed by atoms with Gasteiger partial charge in [0.15, 0.2) is 6.10 Å². The lowest BCUT2D eigenvalue weighted by Gasteiger charge is -2.19. The van der Waals surface area contributed by atoms with Crippen LogP contribution in [0.5, 0.6) is 0 Å². The maximum atomic E-state index is 12.6. The van der Waals surface area contributed by atoms with Crippen molar-refractivity contribution in [3.05, 3.63) is 48.6 Å². The number of carbonyl (C=O) groups excluding carboxylic acids is 2. The van der Waals surface area contributed by atoms with Gasteiger partial charge in [-0.1, -0.05) is 172 Å². The van der Waals surface area contributed by atoms with Gasteiger partial charge in [-0.3, -0.25) is 18.6 Å². The van der Waals surface area contributed by atoms with E-state index in [0.29, 0.717) is 12.8 Å². The quantitative estimate of drug-likeness (QED) is 0.0285. The number of unbranched alkanes of at least 4 members (excludes halogenated alkanes) is 19. The maximum absolute atomic E-state index is 12.6. The summed E-state index contributed by atoms with van der Waals surface area (Å²) in [4.78, 5) is 34.7. The molecule has 2 atom stereocenters. The van der Waals surface area contributed by atoms with Gasteiger partial charge in [0, 0.05) is 12.8 Å². The van der Waals surface area contributed by atoms with E-state index in [1.54, 1.807) is 6.92 Å². The van der Waals surface area contributed by atoms with Gasteiger partial charge in [-0.2, -0.15) is 0 Å². The van der Waals surface area contributed by atoms with E-state index in [-0.39, 0.29) is 25.6 Å². The Labute approximate surface area is 325 Å². The zero-order valence-electron chi connectivity index (χ0n) is 34.2. The van der Waals surface area contributed by atoms with Crippen LogP contribution in [0.4, 0.5) is 0 Å². The van der Waals surface area contributed by atoms with Gasteiger partial charge < -0.3 is 14.4 Å². The van der Waals surface area contributed by atoms with E-state index < -0.39 is 26.5 Å². The summed E-state index contributed by atoms with van der Waals surface area (Å²) in [5, 5.41) is 0. The Bertz CT molecular complexity index is 1010. The summed E-state index contributed by atoms with van der Waals surface area (Å²) in [5.74, 6) is -0.811. The first-order valence-electron chi connectivity index (χ1n) is 21.4. The van der Waals surface area contributed by atoms with Crippen LogP contribution in [-0.2, 0) is 32.7 Å². The minimum atomic E-state index is -4.28. The topological polar surface area (TPSA) is 108 Å². The molecule has 53 heavy (non-hydrogen) atoms. The minimum Gasteiger partial charge on any atom is -0.462 e. The monoisotopic (exact) mass is 767 g/mol. The molecule has 0 fully saturated rings. The molecule has 9 heteroatoms. The van der Waals surface area contributed by atoms with Crippen LogP contribution in [0.3, 0.4) is 0 Å². The minimum absolute atomic E-state index is 0.00313. The number of phosphoric acid groups is 1. The molecule has 0 saturated heterocycles. The molecule has 0 radical (unpaired) electrons. The first-order chi connectivity index (χ1) is 25.8. The van der Waals surface area contributed by atoms with Crippen molar-refractivity contribution in [1.29, 1.82) is 0 Å². The molecule has 0 aromatic heterocycles. The van der Waals surface area contributed by atoms with E-state index in [0.717, 1.165) is 83.5 Å². The van der Waals surface area contributed by atoms with Crippen molar-refractivity contribution < 1.29 is 37.6 Å². The molecule has 0 aromatic carbocycles. The number of allylic oxidation sites excluding steroid dienone is 8. The number of hydrogen-bond acceptors (Lipinski definition) is 7. The van der Waals surface area contributed by atoms with Crippen LogP contribution in [-0.4, -0.2) is 42.8 Å². The fraction of sp³-hybridized carbons (Fsp3) is 0.773. The fourth-order valence-corrected chi connectivity index (χ4v) is 6.55. The highest BCUT2D eigenvalue weighted by atomic mass is 31.2. The molecule has 0 rings (SSSR count). The van der Waals surface area contributed by atoms with Gasteiger partial charge in [-0.15, -0.1) is 0 Å². The number of rotatable bonds is 39. The standard InChI is InChI=1S/C44H79O8P/c1-4-7-9-11-13-15-17-19-21-22-23-24-25-27-29-31-33-35-37-39-44(46)52-42(41-51-53(47,48)50-6-3)40-49-43(45)38-36-34-32-30-28-26-20-18-16-14-12-10-8-5-2/h7,9,13,15,19,21,23-24,42H,4-6,8,10-12,14,16-18,20,22,25-41H2,1-3H3,(H,47,48)/b9-7-,15-13-,21-19-,24-23-. The summed E-state index contributed by atoms with van der Waals surface area (Å²) in [6, 6.07) is 0. The molecular weight excluding hydrogens is 687 g/mol. The van der Waals surface area contributed by atoms with Gasteiger partial charge in [0.05, 0.1) is 13.2 Å². The Morgan fingerprint density at radius 3 is 1.45 bits per heavy atom. The van der Waals surface area contributed by atoms with Crippen molar-refractivity contribution >= 4 is 19.8 Å². The summed E-state index contributed by atoms with van der Waals surface area (Å²) in [6.45, 7) is 5.35. The van der Waals surface area contributed by atoms with Crippen LogP contribution in [0.2, 0.25) is 0 Å². The Morgan fingerprint density at radius 1 is 0.528 bits per heavy atom. The van der Waals surface area contributed by atoms with Crippen LogP contribution >= 0.6 is 7.82 Å². The molecule has 2 unspecified atom stereocenters. The SMILES string of the molecule is CC/C=C\C/C=C\C/C=C\C/C=C\CCCCCCCCC(=O)OC(COC(=O)CCCCCCCCCCCCCCCC)COP(=O)(O)OCC. The van der Waals surface area contributed by atoms with E-state index in [2.05, 4.69) is 62.5 Å². The van der Waals surface area contributed by atoms with Crippen molar-refractivity contribution in [2.75, 3.05) is 19.8 Å². The first-order valence-corrected chi connectivity index (χ1v) is 22.9. The lowest BCUT2D eigenvalue weighted by molar-refractivity contribution is -0.161. The second kappa shape index (κ2) is 39.7. The van der Waals surface area contributed by atoms with Crippen LogP contribution < -0.4 is 0 Å². The predicted octanol–water partition coefficient (Wildman–Crippen LogP) is 13.4. The highest BCUT2D eigenvalue weighted by Crippen LogP contribution is 2.43. The van der Waals surface area contributed by atoms with E-state index in [9.17, 15) is 19.0 Å². The van der Waals surface area contributed by atoms with Crippen LogP contribution in [0, 0.1) is 0 Å². The van der Waals surface area contributed by atoms with Crippen molar-refractivity contribution in [1.82, 2.24) is 0 Å². The molecule has 0 bridgehead atoms. The van der Waals surface area contributed by atoms with Crippen molar-refractivity contribution in [2.24, 2.45) is 0 Å². The third-order valence-corrected chi connectivity index (χ3v) is 9.96. The summed E-state index contributed by atoms with van der Waals surface area (Å²) in [5.41, 5.74) is 0. The third kappa shape index (κ3) is 39.5. The van der Waals surface area contributed by atoms with Crippen molar-refractivity contribution in [2.45, 2.75) is 200 Å². The zero-order chi connectivity index (χ0) is 38.9. The smallest absolute Gasteiger partial charge is 0.462 e. The normalized spacial score (nSPS) is 13.8. The van der Waals surface area contributed by atoms with E-state index >= 15 is 0 Å². The molecule has 1 N–H and O–H groups in total. The highest BCUT2D eigenvalue weighted by molar-refractivity contribution is 7.47. The summed E-state index contributed by atoms with van der Waals surface area (Å²) in [7, 11) is -4.28. The molecule has 0 aliphatic heterocycles. The van der Waals surface area contributed by atoms with Crippen LogP contribution in [0.25, 0.3) is 0 Å². The molecule has 0 saturated carbocycles. The molecule has 0 spiro atoms. The number of carbonyl (C=O) groups is 2. The van der Waals surface area contributed by atoms with Crippen LogP contribution in [0.15, 0.2) is 48.6 Å². The molecule has 0 aliphatic rings. The summed E-state index contributed by atoms with van der Waals surface area (Å²) >= 11 is 0. The summed E-state index contributed by atoms with van der Waals surface area (Å²) < 4.78 is 32.6. The molecule has 8 nitrogen and oxygen atoms in total. The van der Waals surface area contributed by atoms with Gasteiger partial charge >= 0.3 is 19.8 Å². The highest BCUT2D eigenvalue weighted by Gasteiger charge is 2.25. The second-order valence-electron chi connectivity index (χ2n) is 14.0. The van der Waals surface area contributed by atoms with Gasteiger partial charge in [0.2, 0.25) is 0 Å². The zero-order valence-corrected chi connectivity index (χ0v) is 35.1. The van der Waals surface area contributed by atoms with Gasteiger partial charge in [-0.05, 0) is 58.3 Å². The van der Waals surface area contributed by atoms with E-state index in [4.69, 9.17) is 18.5 Å². The van der Waals surface area contributed by atoms with Gasteiger partial charge in [-0.25, -0.2) is 4.57 Å². The Balaban J connectivity index is 4.11. The van der Waals surface area contributed by atoms with E-state index in [1.165, 1.54) is 70.6 Å². The number of phosphoric ester groups is 1. The molecule has 0 aromatic rings. The average Bonchev–Trinajstić information content (AvgIpc) is 3.13. The van der Waals surface area contributed by atoms with Gasteiger partial charge in [0.25, 0.3) is 0 Å². The predicted molar refractivity (Wildman–Crippen MR) is 221 cm³/mol. The first kappa shape index (κ1) is 51.0. The molecule has 0 heterocycles. The molecule has 0 aliphatic carbocycles. The molecular formula is C44H79O8P. The third-order valence-electron chi connectivity index (χ3n) is 8.90.